The molecule has 1 aromatic carbocycles. The highest BCUT2D eigenvalue weighted by molar-refractivity contribution is 8.13. The summed E-state index contributed by atoms with van der Waals surface area (Å²) in [5.41, 5.74) is 0.405. The van der Waals surface area contributed by atoms with Crippen LogP contribution >= 0.6 is 10.7 Å². The zero-order valence-corrected chi connectivity index (χ0v) is 14.4. The van der Waals surface area contributed by atoms with Gasteiger partial charge in [-0.05, 0) is 30.7 Å². The van der Waals surface area contributed by atoms with Gasteiger partial charge in [-0.25, -0.2) is 8.42 Å². The molecule has 0 unspecified atom stereocenters. The van der Waals surface area contributed by atoms with E-state index in [-0.39, 0.29) is 16.7 Å². The number of piperazine rings is 1. The average molecular weight is 359 g/mol. The second-order valence-corrected chi connectivity index (χ2v) is 7.95. The molecule has 2 rings (SSSR count). The highest BCUT2D eigenvalue weighted by Gasteiger charge is 2.24. The van der Waals surface area contributed by atoms with Gasteiger partial charge in [0.2, 0.25) is 5.91 Å². The summed E-state index contributed by atoms with van der Waals surface area (Å²) in [6, 6.07) is 5.53. The van der Waals surface area contributed by atoms with Crippen LogP contribution in [0.25, 0.3) is 0 Å². The number of carbonyl (C=O) groups excluding carboxylic acids is 2. The van der Waals surface area contributed by atoms with Crippen molar-refractivity contribution >= 4 is 31.5 Å². The zero-order valence-electron chi connectivity index (χ0n) is 12.9. The maximum absolute atomic E-state index is 12.4. The predicted molar refractivity (Wildman–Crippen MR) is 86.9 cm³/mol. The topological polar surface area (TPSA) is 74.8 Å². The van der Waals surface area contributed by atoms with E-state index in [0.29, 0.717) is 38.2 Å². The van der Waals surface area contributed by atoms with Gasteiger partial charge in [-0.2, -0.15) is 0 Å². The van der Waals surface area contributed by atoms with E-state index in [4.69, 9.17) is 10.7 Å². The van der Waals surface area contributed by atoms with Gasteiger partial charge in [0.15, 0.2) is 0 Å². The number of hydrogen-bond donors (Lipinski definition) is 0. The van der Waals surface area contributed by atoms with Crippen molar-refractivity contribution in [1.82, 2.24) is 9.80 Å². The minimum atomic E-state index is -3.79. The van der Waals surface area contributed by atoms with Gasteiger partial charge in [-0.1, -0.05) is 6.92 Å². The molecule has 0 N–H and O–H groups in total. The first kappa shape index (κ1) is 17.7. The Labute approximate surface area is 140 Å². The van der Waals surface area contributed by atoms with Crippen LogP contribution < -0.4 is 0 Å². The van der Waals surface area contributed by atoms with E-state index >= 15 is 0 Å². The number of benzene rings is 1. The van der Waals surface area contributed by atoms with Crippen molar-refractivity contribution in [2.75, 3.05) is 26.2 Å². The highest BCUT2D eigenvalue weighted by Crippen LogP contribution is 2.17. The largest absolute Gasteiger partial charge is 0.339 e. The van der Waals surface area contributed by atoms with Gasteiger partial charge in [0.25, 0.3) is 15.0 Å². The van der Waals surface area contributed by atoms with Crippen LogP contribution in [0.5, 0.6) is 0 Å². The van der Waals surface area contributed by atoms with Gasteiger partial charge in [-0.15, -0.1) is 0 Å². The lowest BCUT2D eigenvalue weighted by Gasteiger charge is -2.34. The van der Waals surface area contributed by atoms with E-state index in [0.717, 1.165) is 6.42 Å². The monoisotopic (exact) mass is 358 g/mol. The van der Waals surface area contributed by atoms with Crippen molar-refractivity contribution in [2.24, 2.45) is 0 Å². The lowest BCUT2D eigenvalue weighted by Crippen LogP contribution is -2.50. The second kappa shape index (κ2) is 7.31. The first-order chi connectivity index (χ1) is 10.8. The third-order valence-corrected chi connectivity index (χ3v) is 5.14. The fourth-order valence-electron chi connectivity index (χ4n) is 2.47. The Morgan fingerprint density at radius 2 is 1.57 bits per heavy atom. The lowest BCUT2D eigenvalue weighted by molar-refractivity contribution is -0.132. The molecular formula is C15H19ClN2O4S. The van der Waals surface area contributed by atoms with E-state index in [2.05, 4.69) is 0 Å². The molecule has 0 saturated carbocycles. The minimum absolute atomic E-state index is 0.0364. The van der Waals surface area contributed by atoms with Gasteiger partial charge < -0.3 is 9.80 Å². The van der Waals surface area contributed by atoms with Crippen molar-refractivity contribution in [2.45, 2.75) is 24.7 Å². The Morgan fingerprint density at radius 1 is 1.04 bits per heavy atom. The van der Waals surface area contributed by atoms with Crippen LogP contribution in [-0.2, 0) is 13.8 Å². The number of amides is 2. The summed E-state index contributed by atoms with van der Waals surface area (Å²) < 4.78 is 22.4. The summed E-state index contributed by atoms with van der Waals surface area (Å²) in [5, 5.41) is 0. The fourth-order valence-corrected chi connectivity index (χ4v) is 3.24. The molecule has 126 valence electrons. The summed E-state index contributed by atoms with van der Waals surface area (Å²) >= 11 is 0. The van der Waals surface area contributed by atoms with E-state index in [1.54, 1.807) is 9.80 Å². The highest BCUT2D eigenvalue weighted by atomic mass is 35.7. The molecular weight excluding hydrogens is 340 g/mol. The van der Waals surface area contributed by atoms with Crippen LogP contribution in [0.4, 0.5) is 0 Å². The van der Waals surface area contributed by atoms with E-state index in [9.17, 15) is 18.0 Å². The van der Waals surface area contributed by atoms with E-state index in [1.807, 2.05) is 6.92 Å². The molecule has 1 heterocycles. The molecule has 1 aliphatic heterocycles. The summed E-state index contributed by atoms with van der Waals surface area (Å²) in [6.07, 6.45) is 1.34. The van der Waals surface area contributed by atoms with Gasteiger partial charge in [0, 0.05) is 48.8 Å². The van der Waals surface area contributed by atoms with Crippen molar-refractivity contribution in [3.05, 3.63) is 29.8 Å². The van der Waals surface area contributed by atoms with Crippen LogP contribution in [0.1, 0.15) is 30.1 Å². The van der Waals surface area contributed by atoms with Crippen molar-refractivity contribution in [1.29, 1.82) is 0 Å². The quantitative estimate of drug-likeness (QED) is 0.768. The Kier molecular flexibility index (Phi) is 5.64. The molecule has 8 heteroatoms. The minimum Gasteiger partial charge on any atom is -0.339 e. The molecule has 0 radical (unpaired) electrons. The standard InChI is InChI=1S/C15H19ClN2O4S/c1-2-3-14(19)17-8-10-18(11-9-17)15(20)12-4-6-13(7-5-12)23(16,21)22/h4-7H,2-3,8-11H2,1H3. The van der Waals surface area contributed by atoms with Gasteiger partial charge >= 0.3 is 0 Å². The Hall–Kier alpha value is -1.60. The van der Waals surface area contributed by atoms with E-state index in [1.165, 1.54) is 24.3 Å². The first-order valence-electron chi connectivity index (χ1n) is 7.44. The molecule has 1 fully saturated rings. The van der Waals surface area contributed by atoms with Gasteiger partial charge in [-0.3, -0.25) is 9.59 Å². The lowest BCUT2D eigenvalue weighted by atomic mass is 10.1. The molecule has 0 spiro atoms. The first-order valence-corrected chi connectivity index (χ1v) is 9.75. The number of carbonyl (C=O) groups is 2. The molecule has 1 saturated heterocycles. The number of nitrogens with zero attached hydrogens (tertiary/aromatic N) is 2. The van der Waals surface area contributed by atoms with E-state index < -0.39 is 9.05 Å². The molecule has 2 amide bonds. The maximum atomic E-state index is 12.4. The van der Waals surface area contributed by atoms with Crippen molar-refractivity contribution in [3.8, 4) is 0 Å². The Balaban J connectivity index is 1.98. The fraction of sp³-hybridized carbons (Fsp3) is 0.467. The second-order valence-electron chi connectivity index (χ2n) is 5.39. The number of rotatable bonds is 4. The van der Waals surface area contributed by atoms with Crippen LogP contribution in [-0.4, -0.2) is 56.2 Å². The summed E-state index contributed by atoms with van der Waals surface area (Å²) in [7, 11) is 1.46. The summed E-state index contributed by atoms with van der Waals surface area (Å²) in [4.78, 5) is 27.6. The zero-order chi connectivity index (χ0) is 17.0. The van der Waals surface area contributed by atoms with Gasteiger partial charge in [0.05, 0.1) is 4.90 Å². The summed E-state index contributed by atoms with van der Waals surface area (Å²) in [6.45, 7) is 3.97. The van der Waals surface area contributed by atoms with Gasteiger partial charge in [0.1, 0.15) is 0 Å². The predicted octanol–water partition coefficient (Wildman–Crippen LogP) is 1.70. The third-order valence-electron chi connectivity index (χ3n) is 3.77. The molecule has 0 bridgehead atoms. The molecule has 0 atom stereocenters. The van der Waals surface area contributed by atoms with Crippen molar-refractivity contribution < 1.29 is 18.0 Å². The maximum Gasteiger partial charge on any atom is 0.261 e. The normalized spacial score (nSPS) is 15.6. The third kappa shape index (κ3) is 4.45. The van der Waals surface area contributed by atoms with Crippen LogP contribution in [0.2, 0.25) is 0 Å². The summed E-state index contributed by atoms with van der Waals surface area (Å²) in [5.74, 6) is -0.0534. The molecule has 0 aliphatic carbocycles. The number of halogens is 1. The molecule has 1 aromatic rings. The van der Waals surface area contributed by atoms with Crippen LogP contribution in [0.15, 0.2) is 29.2 Å². The molecule has 6 nitrogen and oxygen atoms in total. The Morgan fingerprint density at radius 3 is 2.04 bits per heavy atom. The molecule has 23 heavy (non-hydrogen) atoms. The molecule has 0 aromatic heterocycles. The van der Waals surface area contributed by atoms with Crippen LogP contribution in [0, 0.1) is 0 Å². The SMILES string of the molecule is CCCC(=O)N1CCN(C(=O)c2ccc(S(=O)(=O)Cl)cc2)CC1. The Bertz CT molecular complexity index is 680. The number of hydrogen-bond acceptors (Lipinski definition) is 4. The average Bonchev–Trinajstić information content (AvgIpc) is 2.54. The smallest absolute Gasteiger partial charge is 0.261 e. The van der Waals surface area contributed by atoms with Crippen LogP contribution in [0.3, 0.4) is 0 Å². The van der Waals surface area contributed by atoms with Crippen molar-refractivity contribution in [3.63, 3.8) is 0 Å². The molecule has 1 aliphatic rings.